The van der Waals surface area contributed by atoms with Crippen LogP contribution in [0.3, 0.4) is 0 Å². The molecule has 0 aliphatic carbocycles. The fraction of sp³-hybridized carbons (Fsp3) is 0.385. The molecule has 0 saturated heterocycles. The molecule has 2 aromatic rings. The molecule has 17 heavy (non-hydrogen) atoms. The first-order chi connectivity index (χ1) is 8.15. The maximum absolute atomic E-state index is 4.13. The largest absolute Gasteiger partial charge is 0.303 e. The standard InChI is InChI=1S/C13H18N4/c1-9-4-10(2)6-12(5-9)7-14-11(3)13-15-8-16-17-13/h4-6,8,11,14H,7H2,1-3H3,(H,15,16,17). The highest BCUT2D eigenvalue weighted by Gasteiger charge is 2.07. The molecule has 0 bridgehead atoms. The van der Waals surface area contributed by atoms with Crippen LogP contribution in [-0.4, -0.2) is 15.2 Å². The molecule has 0 fully saturated rings. The number of nitrogens with one attached hydrogen (secondary N) is 2. The van der Waals surface area contributed by atoms with Crippen LogP contribution in [-0.2, 0) is 6.54 Å². The number of hydrogen-bond acceptors (Lipinski definition) is 3. The molecule has 0 aliphatic heterocycles. The Kier molecular flexibility index (Phi) is 3.54. The zero-order valence-electron chi connectivity index (χ0n) is 10.5. The van der Waals surface area contributed by atoms with E-state index in [-0.39, 0.29) is 6.04 Å². The number of benzene rings is 1. The molecule has 0 radical (unpaired) electrons. The van der Waals surface area contributed by atoms with E-state index in [0.717, 1.165) is 12.4 Å². The topological polar surface area (TPSA) is 53.6 Å². The second-order valence-electron chi connectivity index (χ2n) is 4.47. The molecular formula is C13H18N4. The molecule has 0 saturated carbocycles. The first kappa shape index (κ1) is 11.8. The molecule has 4 nitrogen and oxygen atoms in total. The van der Waals surface area contributed by atoms with E-state index in [2.05, 4.69) is 59.5 Å². The fourth-order valence-electron chi connectivity index (χ4n) is 1.96. The lowest BCUT2D eigenvalue weighted by molar-refractivity contribution is 0.548. The summed E-state index contributed by atoms with van der Waals surface area (Å²) in [4.78, 5) is 4.13. The molecule has 2 N–H and O–H groups in total. The smallest absolute Gasteiger partial charge is 0.141 e. The van der Waals surface area contributed by atoms with Crippen LogP contribution < -0.4 is 5.32 Å². The van der Waals surface area contributed by atoms with E-state index in [4.69, 9.17) is 0 Å². The highest BCUT2D eigenvalue weighted by molar-refractivity contribution is 5.28. The van der Waals surface area contributed by atoms with Gasteiger partial charge in [0.2, 0.25) is 0 Å². The zero-order chi connectivity index (χ0) is 12.3. The maximum atomic E-state index is 4.13. The van der Waals surface area contributed by atoms with Gasteiger partial charge < -0.3 is 5.32 Å². The summed E-state index contributed by atoms with van der Waals surface area (Å²) in [6, 6.07) is 6.77. The van der Waals surface area contributed by atoms with Crippen LogP contribution in [0.4, 0.5) is 0 Å². The van der Waals surface area contributed by atoms with Gasteiger partial charge in [-0.2, -0.15) is 5.10 Å². The second kappa shape index (κ2) is 5.10. The highest BCUT2D eigenvalue weighted by atomic mass is 15.2. The Morgan fingerprint density at radius 3 is 2.53 bits per heavy atom. The lowest BCUT2D eigenvalue weighted by Crippen LogP contribution is -2.19. The van der Waals surface area contributed by atoms with Crippen molar-refractivity contribution in [2.75, 3.05) is 0 Å². The first-order valence-corrected chi connectivity index (χ1v) is 5.81. The van der Waals surface area contributed by atoms with E-state index in [0.29, 0.717) is 0 Å². The van der Waals surface area contributed by atoms with Crippen molar-refractivity contribution in [1.29, 1.82) is 0 Å². The van der Waals surface area contributed by atoms with Crippen molar-refractivity contribution in [3.05, 3.63) is 47.0 Å². The quantitative estimate of drug-likeness (QED) is 0.847. The predicted molar refractivity (Wildman–Crippen MR) is 67.6 cm³/mol. The first-order valence-electron chi connectivity index (χ1n) is 5.81. The van der Waals surface area contributed by atoms with E-state index in [1.807, 2.05) is 0 Å². The Morgan fingerprint density at radius 2 is 1.94 bits per heavy atom. The van der Waals surface area contributed by atoms with Crippen molar-refractivity contribution in [2.45, 2.75) is 33.4 Å². The minimum Gasteiger partial charge on any atom is -0.303 e. The third kappa shape index (κ3) is 3.14. The molecule has 0 spiro atoms. The second-order valence-corrected chi connectivity index (χ2v) is 4.47. The molecular weight excluding hydrogens is 212 g/mol. The predicted octanol–water partition coefficient (Wildman–Crippen LogP) is 2.27. The van der Waals surface area contributed by atoms with Gasteiger partial charge in [0, 0.05) is 6.54 Å². The number of aromatic amines is 1. The van der Waals surface area contributed by atoms with Crippen molar-refractivity contribution in [2.24, 2.45) is 0 Å². The Balaban J connectivity index is 1.98. The van der Waals surface area contributed by atoms with Gasteiger partial charge >= 0.3 is 0 Å². The molecule has 1 heterocycles. The van der Waals surface area contributed by atoms with Gasteiger partial charge in [0.15, 0.2) is 0 Å². The van der Waals surface area contributed by atoms with Gasteiger partial charge in [-0.3, -0.25) is 5.10 Å². The summed E-state index contributed by atoms with van der Waals surface area (Å²) in [5, 5.41) is 10.1. The normalized spacial score (nSPS) is 12.6. The van der Waals surface area contributed by atoms with Gasteiger partial charge in [-0.15, -0.1) is 0 Å². The molecule has 1 atom stereocenters. The van der Waals surface area contributed by atoms with E-state index < -0.39 is 0 Å². The van der Waals surface area contributed by atoms with Crippen LogP contribution in [0, 0.1) is 13.8 Å². The number of hydrogen-bond donors (Lipinski definition) is 2. The SMILES string of the molecule is Cc1cc(C)cc(CNC(C)c2ncn[nH]2)c1. The van der Waals surface area contributed by atoms with E-state index >= 15 is 0 Å². The van der Waals surface area contributed by atoms with Crippen molar-refractivity contribution in [3.8, 4) is 0 Å². The number of aromatic nitrogens is 3. The molecule has 2 rings (SSSR count). The molecule has 0 amide bonds. The molecule has 1 aromatic carbocycles. The van der Waals surface area contributed by atoms with Crippen LogP contribution in [0.5, 0.6) is 0 Å². The molecule has 1 unspecified atom stereocenters. The van der Waals surface area contributed by atoms with Crippen LogP contribution >= 0.6 is 0 Å². The monoisotopic (exact) mass is 230 g/mol. The minimum absolute atomic E-state index is 0.179. The number of H-pyrrole nitrogens is 1. The third-order valence-electron chi connectivity index (χ3n) is 2.74. The van der Waals surface area contributed by atoms with E-state index in [1.165, 1.54) is 23.0 Å². The molecule has 4 heteroatoms. The van der Waals surface area contributed by atoms with E-state index in [1.54, 1.807) is 0 Å². The van der Waals surface area contributed by atoms with Crippen molar-refractivity contribution >= 4 is 0 Å². The number of aryl methyl sites for hydroxylation is 2. The average molecular weight is 230 g/mol. The van der Waals surface area contributed by atoms with Crippen molar-refractivity contribution in [3.63, 3.8) is 0 Å². The van der Waals surface area contributed by atoms with Crippen LogP contribution in [0.2, 0.25) is 0 Å². The summed E-state index contributed by atoms with van der Waals surface area (Å²) in [5.74, 6) is 0.870. The van der Waals surface area contributed by atoms with Crippen molar-refractivity contribution < 1.29 is 0 Å². The summed E-state index contributed by atoms with van der Waals surface area (Å²) in [6.45, 7) is 7.15. The van der Waals surface area contributed by atoms with Crippen LogP contribution in [0.1, 0.15) is 35.5 Å². The van der Waals surface area contributed by atoms with Crippen molar-refractivity contribution in [1.82, 2.24) is 20.5 Å². The summed E-state index contributed by atoms with van der Waals surface area (Å²) in [6.07, 6.45) is 1.53. The van der Waals surface area contributed by atoms with Crippen LogP contribution in [0.25, 0.3) is 0 Å². The minimum atomic E-state index is 0.179. The lowest BCUT2D eigenvalue weighted by Gasteiger charge is -2.11. The Morgan fingerprint density at radius 1 is 1.24 bits per heavy atom. The van der Waals surface area contributed by atoms with Gasteiger partial charge in [-0.25, -0.2) is 4.98 Å². The van der Waals surface area contributed by atoms with E-state index in [9.17, 15) is 0 Å². The van der Waals surface area contributed by atoms with Crippen LogP contribution in [0.15, 0.2) is 24.5 Å². The number of rotatable bonds is 4. The van der Waals surface area contributed by atoms with Gasteiger partial charge in [0.1, 0.15) is 12.2 Å². The molecule has 0 aliphatic rings. The molecule has 90 valence electrons. The third-order valence-corrected chi connectivity index (χ3v) is 2.74. The Bertz CT molecular complexity index is 456. The summed E-state index contributed by atoms with van der Waals surface area (Å²) >= 11 is 0. The Labute approximate surface area is 101 Å². The summed E-state index contributed by atoms with van der Waals surface area (Å²) < 4.78 is 0. The zero-order valence-corrected chi connectivity index (χ0v) is 10.5. The maximum Gasteiger partial charge on any atom is 0.141 e. The average Bonchev–Trinajstić information content (AvgIpc) is 2.78. The van der Waals surface area contributed by atoms with Gasteiger partial charge in [-0.05, 0) is 26.3 Å². The lowest BCUT2D eigenvalue weighted by atomic mass is 10.1. The Hall–Kier alpha value is -1.68. The van der Waals surface area contributed by atoms with Gasteiger partial charge in [-0.1, -0.05) is 29.3 Å². The number of nitrogens with zero attached hydrogens (tertiary/aromatic N) is 2. The highest BCUT2D eigenvalue weighted by Crippen LogP contribution is 2.11. The fourth-order valence-corrected chi connectivity index (χ4v) is 1.96. The van der Waals surface area contributed by atoms with Gasteiger partial charge in [0.25, 0.3) is 0 Å². The summed E-state index contributed by atoms with van der Waals surface area (Å²) in [7, 11) is 0. The molecule has 1 aromatic heterocycles. The van der Waals surface area contributed by atoms with Gasteiger partial charge in [0.05, 0.1) is 6.04 Å². The summed E-state index contributed by atoms with van der Waals surface area (Å²) in [5.41, 5.74) is 3.90.